The molecule has 112 valence electrons. The van der Waals surface area contributed by atoms with Crippen LogP contribution in [0.5, 0.6) is 5.75 Å². The molecule has 3 N–H and O–H groups in total. The third-order valence-electron chi connectivity index (χ3n) is 3.45. The minimum Gasteiger partial charge on any atom is -0.481 e. The van der Waals surface area contributed by atoms with Crippen molar-refractivity contribution in [2.75, 3.05) is 5.73 Å². The number of hydrogen-bond acceptors (Lipinski definition) is 3. The molecule has 0 bridgehead atoms. The molecule has 4 nitrogen and oxygen atoms in total. The highest BCUT2D eigenvalue weighted by atomic mass is 19.4. The first kappa shape index (κ1) is 16.1. The van der Waals surface area contributed by atoms with Gasteiger partial charge in [-0.15, -0.1) is 13.2 Å². The van der Waals surface area contributed by atoms with Crippen LogP contribution in [0.25, 0.3) is 0 Å². The number of aliphatic carboxylic acids is 1. The standard InChI is InChI=1S/C13H16F3NO3/c1-7(2)12(3,11(18)19)8-5-4-6-9(10(8)17)20-13(14,15)16/h4-7H,17H2,1-3H3,(H,18,19). The summed E-state index contributed by atoms with van der Waals surface area (Å²) in [5.41, 5.74) is 4.04. The van der Waals surface area contributed by atoms with E-state index in [2.05, 4.69) is 4.74 Å². The average molecular weight is 291 g/mol. The number of nitrogens with two attached hydrogens (primary N) is 1. The fourth-order valence-corrected chi connectivity index (χ4v) is 1.88. The van der Waals surface area contributed by atoms with Crippen LogP contribution in [-0.4, -0.2) is 17.4 Å². The fourth-order valence-electron chi connectivity index (χ4n) is 1.88. The van der Waals surface area contributed by atoms with Crippen LogP contribution in [-0.2, 0) is 10.2 Å². The number of carboxylic acid groups (broad SMARTS) is 1. The lowest BCUT2D eigenvalue weighted by Crippen LogP contribution is -2.38. The smallest absolute Gasteiger partial charge is 0.481 e. The van der Waals surface area contributed by atoms with Crippen molar-refractivity contribution in [3.63, 3.8) is 0 Å². The molecule has 0 aliphatic carbocycles. The van der Waals surface area contributed by atoms with Crippen molar-refractivity contribution in [2.45, 2.75) is 32.5 Å². The highest BCUT2D eigenvalue weighted by molar-refractivity contribution is 5.84. The van der Waals surface area contributed by atoms with E-state index in [1.54, 1.807) is 13.8 Å². The minimum atomic E-state index is -4.88. The topological polar surface area (TPSA) is 72.5 Å². The maximum atomic E-state index is 12.3. The summed E-state index contributed by atoms with van der Waals surface area (Å²) in [4.78, 5) is 11.5. The average Bonchev–Trinajstić information content (AvgIpc) is 2.28. The number of para-hydroxylation sites is 1. The van der Waals surface area contributed by atoms with Crippen molar-refractivity contribution >= 4 is 11.7 Å². The molecule has 0 saturated carbocycles. The Kier molecular flexibility index (Phi) is 4.21. The Morgan fingerprint density at radius 3 is 2.30 bits per heavy atom. The van der Waals surface area contributed by atoms with Crippen LogP contribution in [0, 0.1) is 5.92 Å². The summed E-state index contributed by atoms with van der Waals surface area (Å²) >= 11 is 0. The summed E-state index contributed by atoms with van der Waals surface area (Å²) in [6.07, 6.45) is -4.88. The number of rotatable bonds is 4. The van der Waals surface area contributed by atoms with E-state index >= 15 is 0 Å². The molecule has 1 rings (SSSR count). The molecule has 0 aromatic heterocycles. The third kappa shape index (κ3) is 2.97. The van der Waals surface area contributed by atoms with E-state index in [1.165, 1.54) is 19.1 Å². The molecule has 0 saturated heterocycles. The number of benzene rings is 1. The van der Waals surface area contributed by atoms with Gasteiger partial charge in [-0.2, -0.15) is 0 Å². The van der Waals surface area contributed by atoms with Gasteiger partial charge >= 0.3 is 12.3 Å². The first-order chi connectivity index (χ1) is 9.00. The lowest BCUT2D eigenvalue weighted by molar-refractivity contribution is -0.274. The van der Waals surface area contributed by atoms with Crippen molar-refractivity contribution in [1.29, 1.82) is 0 Å². The molecule has 1 aromatic rings. The molecule has 0 spiro atoms. The van der Waals surface area contributed by atoms with Gasteiger partial charge < -0.3 is 15.6 Å². The van der Waals surface area contributed by atoms with Crippen LogP contribution in [0.1, 0.15) is 26.3 Å². The molecule has 0 aliphatic heterocycles. The van der Waals surface area contributed by atoms with Gasteiger partial charge in [-0.3, -0.25) is 4.79 Å². The van der Waals surface area contributed by atoms with Gasteiger partial charge in [0.05, 0.1) is 11.1 Å². The SMILES string of the molecule is CC(C)C(C)(C(=O)O)c1cccc(OC(F)(F)F)c1N. The highest BCUT2D eigenvalue weighted by Crippen LogP contribution is 2.40. The largest absolute Gasteiger partial charge is 0.573 e. The van der Waals surface area contributed by atoms with Gasteiger partial charge in [-0.25, -0.2) is 0 Å². The molecule has 0 heterocycles. The summed E-state index contributed by atoms with van der Waals surface area (Å²) in [6.45, 7) is 4.73. The molecule has 0 aliphatic rings. The van der Waals surface area contributed by atoms with Crippen LogP contribution in [0.2, 0.25) is 0 Å². The number of carboxylic acids is 1. The van der Waals surface area contributed by atoms with E-state index in [0.717, 1.165) is 6.07 Å². The summed E-state index contributed by atoms with van der Waals surface area (Å²) in [7, 11) is 0. The highest BCUT2D eigenvalue weighted by Gasteiger charge is 2.41. The predicted molar refractivity (Wildman–Crippen MR) is 67.4 cm³/mol. The third-order valence-corrected chi connectivity index (χ3v) is 3.45. The van der Waals surface area contributed by atoms with Gasteiger partial charge in [0, 0.05) is 0 Å². The molecule has 1 atom stereocenters. The number of anilines is 1. The first-order valence-electron chi connectivity index (χ1n) is 5.88. The summed E-state index contributed by atoms with van der Waals surface area (Å²) in [6, 6.07) is 3.73. The molecule has 1 unspecified atom stereocenters. The monoisotopic (exact) mass is 291 g/mol. The maximum Gasteiger partial charge on any atom is 0.573 e. The van der Waals surface area contributed by atoms with E-state index in [-0.39, 0.29) is 17.2 Å². The van der Waals surface area contributed by atoms with Gasteiger partial charge in [0.1, 0.15) is 0 Å². The summed E-state index contributed by atoms with van der Waals surface area (Å²) in [5, 5.41) is 9.39. The fraction of sp³-hybridized carbons (Fsp3) is 0.462. The Morgan fingerprint density at radius 2 is 1.90 bits per heavy atom. The van der Waals surface area contributed by atoms with E-state index in [0.29, 0.717) is 0 Å². The van der Waals surface area contributed by atoms with Crippen molar-refractivity contribution in [3.8, 4) is 5.75 Å². The summed E-state index contributed by atoms with van der Waals surface area (Å²) in [5.74, 6) is -2.13. The second-order valence-electron chi connectivity index (χ2n) is 4.93. The molecule has 0 radical (unpaired) electrons. The Hall–Kier alpha value is -1.92. The normalized spacial score (nSPS) is 14.9. The van der Waals surface area contributed by atoms with E-state index in [4.69, 9.17) is 5.73 Å². The zero-order valence-electron chi connectivity index (χ0n) is 11.3. The van der Waals surface area contributed by atoms with Crippen LogP contribution in [0.15, 0.2) is 18.2 Å². The minimum absolute atomic E-state index is 0.0988. The van der Waals surface area contributed by atoms with Crippen LogP contribution in [0.4, 0.5) is 18.9 Å². The Bertz CT molecular complexity index is 514. The quantitative estimate of drug-likeness (QED) is 0.836. The van der Waals surface area contributed by atoms with Gasteiger partial charge in [0.2, 0.25) is 0 Å². The number of hydrogen-bond donors (Lipinski definition) is 2. The van der Waals surface area contributed by atoms with Crippen molar-refractivity contribution < 1.29 is 27.8 Å². The predicted octanol–water partition coefficient (Wildman–Crippen LogP) is 3.17. The number of alkyl halides is 3. The second-order valence-corrected chi connectivity index (χ2v) is 4.93. The van der Waals surface area contributed by atoms with Crippen molar-refractivity contribution in [2.24, 2.45) is 5.92 Å². The van der Waals surface area contributed by atoms with Crippen LogP contribution < -0.4 is 10.5 Å². The van der Waals surface area contributed by atoms with Crippen molar-refractivity contribution in [1.82, 2.24) is 0 Å². The van der Waals surface area contributed by atoms with Gasteiger partial charge in [-0.1, -0.05) is 26.0 Å². The molecular formula is C13H16F3NO3. The van der Waals surface area contributed by atoms with Crippen LogP contribution in [0.3, 0.4) is 0 Å². The molecule has 7 heteroatoms. The first-order valence-corrected chi connectivity index (χ1v) is 5.88. The molecule has 20 heavy (non-hydrogen) atoms. The maximum absolute atomic E-state index is 12.3. The lowest BCUT2D eigenvalue weighted by atomic mass is 9.72. The van der Waals surface area contributed by atoms with E-state index in [1.807, 2.05) is 0 Å². The Balaban J connectivity index is 3.40. The summed E-state index contributed by atoms with van der Waals surface area (Å²) < 4.78 is 40.6. The van der Waals surface area contributed by atoms with Crippen LogP contribution >= 0.6 is 0 Å². The zero-order chi connectivity index (χ0) is 15.7. The second kappa shape index (κ2) is 5.22. The molecular weight excluding hydrogens is 275 g/mol. The number of carbonyl (C=O) groups is 1. The molecule has 1 aromatic carbocycles. The number of ether oxygens (including phenoxy) is 1. The number of nitrogen functional groups attached to an aromatic ring is 1. The molecule has 0 fully saturated rings. The van der Waals surface area contributed by atoms with Gasteiger partial charge in [-0.05, 0) is 24.5 Å². The Morgan fingerprint density at radius 1 is 1.35 bits per heavy atom. The van der Waals surface area contributed by atoms with Gasteiger partial charge in [0.15, 0.2) is 5.75 Å². The Labute approximate surface area is 114 Å². The van der Waals surface area contributed by atoms with E-state index in [9.17, 15) is 23.1 Å². The van der Waals surface area contributed by atoms with Crippen molar-refractivity contribution in [3.05, 3.63) is 23.8 Å². The zero-order valence-corrected chi connectivity index (χ0v) is 11.3. The number of halogens is 3. The van der Waals surface area contributed by atoms with E-state index < -0.39 is 23.5 Å². The lowest BCUT2D eigenvalue weighted by Gasteiger charge is -2.31. The molecule has 0 amide bonds. The van der Waals surface area contributed by atoms with Gasteiger partial charge in [0.25, 0.3) is 0 Å².